The average molecular weight is 274 g/mol. The first kappa shape index (κ1) is 14.7. The lowest BCUT2D eigenvalue weighted by molar-refractivity contribution is -0.384. The number of anilines is 1. The number of aliphatic hydroxyl groups is 1. The first-order valence-electron chi connectivity index (χ1n) is 5.74. The molecule has 0 saturated carbocycles. The molecule has 0 amide bonds. The summed E-state index contributed by atoms with van der Waals surface area (Å²) in [7, 11) is 0. The molecule has 0 radical (unpaired) electrons. The van der Waals surface area contributed by atoms with E-state index in [0.29, 0.717) is 13.0 Å². The molecule has 1 atom stereocenters. The Kier molecular flexibility index (Phi) is 5.80. The van der Waals surface area contributed by atoms with Crippen LogP contribution in [-0.2, 0) is 0 Å². The molecule has 0 spiro atoms. The summed E-state index contributed by atoms with van der Waals surface area (Å²) in [6.07, 6.45) is 1.53. The van der Waals surface area contributed by atoms with Gasteiger partial charge in [0.1, 0.15) is 5.15 Å². The minimum Gasteiger partial charge on any atom is -0.396 e. The number of hydrogen-bond acceptors (Lipinski definition) is 5. The van der Waals surface area contributed by atoms with Gasteiger partial charge >= 0.3 is 5.69 Å². The van der Waals surface area contributed by atoms with Gasteiger partial charge in [-0.15, -0.1) is 0 Å². The van der Waals surface area contributed by atoms with Crippen molar-refractivity contribution in [2.75, 3.05) is 18.5 Å². The smallest absolute Gasteiger partial charge is 0.311 e. The number of nitrogens with zero attached hydrogens (tertiary/aromatic N) is 2. The molecule has 2 N–H and O–H groups in total. The van der Waals surface area contributed by atoms with Crippen LogP contribution in [0.15, 0.2) is 12.1 Å². The third-order valence-electron chi connectivity index (χ3n) is 2.71. The number of rotatable bonds is 7. The minimum atomic E-state index is -0.501. The fourth-order valence-electron chi connectivity index (χ4n) is 1.58. The van der Waals surface area contributed by atoms with E-state index in [1.165, 1.54) is 12.1 Å². The number of halogens is 1. The normalized spacial score (nSPS) is 12.2. The number of nitro groups is 1. The van der Waals surface area contributed by atoms with Crippen molar-refractivity contribution in [3.63, 3.8) is 0 Å². The number of pyridine rings is 1. The topological polar surface area (TPSA) is 88.3 Å². The third kappa shape index (κ3) is 4.12. The zero-order chi connectivity index (χ0) is 13.5. The summed E-state index contributed by atoms with van der Waals surface area (Å²) < 4.78 is 0. The van der Waals surface area contributed by atoms with Gasteiger partial charge in [-0.2, -0.15) is 0 Å². The van der Waals surface area contributed by atoms with Crippen LogP contribution in [-0.4, -0.2) is 28.2 Å². The average Bonchev–Trinajstić information content (AvgIpc) is 2.34. The van der Waals surface area contributed by atoms with Gasteiger partial charge in [0.15, 0.2) is 0 Å². The first-order chi connectivity index (χ1) is 8.58. The van der Waals surface area contributed by atoms with E-state index in [0.717, 1.165) is 6.42 Å². The molecular formula is C11H16ClN3O3. The van der Waals surface area contributed by atoms with E-state index in [4.69, 9.17) is 16.7 Å². The van der Waals surface area contributed by atoms with Gasteiger partial charge in [0, 0.05) is 19.2 Å². The van der Waals surface area contributed by atoms with Gasteiger partial charge in [0.2, 0.25) is 5.82 Å². The Labute approximate surface area is 110 Å². The molecule has 7 heteroatoms. The number of nitrogens with one attached hydrogen (secondary N) is 1. The van der Waals surface area contributed by atoms with Gasteiger partial charge in [-0.1, -0.05) is 24.9 Å². The molecule has 1 unspecified atom stereocenters. The van der Waals surface area contributed by atoms with E-state index < -0.39 is 4.92 Å². The summed E-state index contributed by atoms with van der Waals surface area (Å²) in [4.78, 5) is 14.2. The zero-order valence-corrected chi connectivity index (χ0v) is 10.9. The van der Waals surface area contributed by atoms with E-state index in [2.05, 4.69) is 10.3 Å². The highest BCUT2D eigenvalue weighted by Crippen LogP contribution is 2.24. The van der Waals surface area contributed by atoms with Crippen molar-refractivity contribution in [2.24, 2.45) is 5.92 Å². The molecule has 18 heavy (non-hydrogen) atoms. The summed E-state index contributed by atoms with van der Waals surface area (Å²) >= 11 is 5.72. The van der Waals surface area contributed by atoms with Crippen LogP contribution in [0.2, 0.25) is 5.15 Å². The van der Waals surface area contributed by atoms with Crippen molar-refractivity contribution in [1.82, 2.24) is 4.98 Å². The highest BCUT2D eigenvalue weighted by molar-refractivity contribution is 6.29. The second-order valence-corrected chi connectivity index (χ2v) is 4.31. The summed E-state index contributed by atoms with van der Waals surface area (Å²) in [5.41, 5.74) is -0.0988. The van der Waals surface area contributed by atoms with Crippen LogP contribution in [0.5, 0.6) is 0 Å². The van der Waals surface area contributed by atoms with Crippen LogP contribution >= 0.6 is 11.6 Å². The Morgan fingerprint density at radius 1 is 1.61 bits per heavy atom. The van der Waals surface area contributed by atoms with Gasteiger partial charge in [-0.3, -0.25) is 10.1 Å². The Bertz CT molecular complexity index is 415. The maximum Gasteiger partial charge on any atom is 0.311 e. The van der Waals surface area contributed by atoms with Gasteiger partial charge in [-0.25, -0.2) is 4.98 Å². The molecule has 1 aromatic rings. The minimum absolute atomic E-state index is 0.0988. The van der Waals surface area contributed by atoms with E-state index in [1.54, 1.807) is 0 Å². The molecule has 0 saturated heterocycles. The Hall–Kier alpha value is -1.40. The van der Waals surface area contributed by atoms with E-state index in [-0.39, 0.29) is 29.2 Å². The molecule has 6 nitrogen and oxygen atoms in total. The van der Waals surface area contributed by atoms with E-state index in [1.807, 2.05) is 6.92 Å². The van der Waals surface area contributed by atoms with Crippen LogP contribution in [0, 0.1) is 16.0 Å². The summed E-state index contributed by atoms with van der Waals surface area (Å²) in [5.74, 6) is 0.416. The van der Waals surface area contributed by atoms with Gasteiger partial charge in [0.25, 0.3) is 0 Å². The molecule has 0 fully saturated rings. The highest BCUT2D eigenvalue weighted by Gasteiger charge is 2.16. The van der Waals surface area contributed by atoms with Gasteiger partial charge in [-0.05, 0) is 18.4 Å². The van der Waals surface area contributed by atoms with Crippen molar-refractivity contribution in [3.05, 3.63) is 27.4 Å². The van der Waals surface area contributed by atoms with Crippen LogP contribution in [0.3, 0.4) is 0 Å². The number of hydrogen-bond donors (Lipinski definition) is 2. The number of aliphatic hydroxyl groups excluding tert-OH is 1. The Morgan fingerprint density at radius 2 is 2.33 bits per heavy atom. The predicted octanol–water partition coefficient (Wildman–Crippen LogP) is 2.46. The maximum absolute atomic E-state index is 10.8. The Balaban J connectivity index is 2.76. The molecule has 0 bridgehead atoms. The van der Waals surface area contributed by atoms with Crippen molar-refractivity contribution in [2.45, 2.75) is 19.8 Å². The molecule has 0 aliphatic rings. The van der Waals surface area contributed by atoms with Crippen molar-refractivity contribution >= 4 is 23.1 Å². The molecule has 100 valence electrons. The van der Waals surface area contributed by atoms with Gasteiger partial charge < -0.3 is 10.4 Å². The summed E-state index contributed by atoms with van der Waals surface area (Å²) in [6, 6.07) is 2.71. The van der Waals surface area contributed by atoms with Crippen molar-refractivity contribution < 1.29 is 10.0 Å². The SMILES string of the molecule is CCC(CCO)CNc1nc(Cl)ccc1[N+](=O)[O-]. The number of aromatic nitrogens is 1. The van der Waals surface area contributed by atoms with Crippen LogP contribution < -0.4 is 5.32 Å². The molecular weight excluding hydrogens is 258 g/mol. The lowest BCUT2D eigenvalue weighted by Gasteiger charge is -2.14. The predicted molar refractivity (Wildman–Crippen MR) is 69.9 cm³/mol. The fraction of sp³-hybridized carbons (Fsp3) is 0.545. The molecule has 0 aliphatic heterocycles. The highest BCUT2D eigenvalue weighted by atomic mass is 35.5. The van der Waals surface area contributed by atoms with Crippen LogP contribution in [0.25, 0.3) is 0 Å². The van der Waals surface area contributed by atoms with E-state index >= 15 is 0 Å². The maximum atomic E-state index is 10.8. The van der Waals surface area contributed by atoms with Gasteiger partial charge in [0.05, 0.1) is 4.92 Å². The third-order valence-corrected chi connectivity index (χ3v) is 2.92. The van der Waals surface area contributed by atoms with Crippen molar-refractivity contribution in [3.8, 4) is 0 Å². The first-order valence-corrected chi connectivity index (χ1v) is 6.12. The quantitative estimate of drug-likeness (QED) is 0.453. The molecule has 1 aromatic heterocycles. The van der Waals surface area contributed by atoms with Crippen molar-refractivity contribution in [1.29, 1.82) is 0 Å². The molecule has 1 heterocycles. The fourth-order valence-corrected chi connectivity index (χ4v) is 1.73. The second kappa shape index (κ2) is 7.13. The lowest BCUT2D eigenvalue weighted by Crippen LogP contribution is -2.16. The summed E-state index contributed by atoms with van der Waals surface area (Å²) in [5, 5.41) is 22.8. The Morgan fingerprint density at radius 3 is 2.89 bits per heavy atom. The lowest BCUT2D eigenvalue weighted by atomic mass is 10.0. The summed E-state index contributed by atoms with van der Waals surface area (Å²) in [6.45, 7) is 2.62. The van der Waals surface area contributed by atoms with Crippen LogP contribution in [0.1, 0.15) is 19.8 Å². The second-order valence-electron chi connectivity index (χ2n) is 3.93. The standard InChI is InChI=1S/C11H16ClN3O3/c1-2-8(5-6-16)7-13-11-9(15(17)18)3-4-10(12)14-11/h3-4,8,16H,2,5-7H2,1H3,(H,13,14). The monoisotopic (exact) mass is 273 g/mol. The zero-order valence-electron chi connectivity index (χ0n) is 10.1. The van der Waals surface area contributed by atoms with E-state index in [9.17, 15) is 10.1 Å². The largest absolute Gasteiger partial charge is 0.396 e. The molecule has 0 aromatic carbocycles. The molecule has 1 rings (SSSR count). The molecule has 0 aliphatic carbocycles. The van der Waals surface area contributed by atoms with Crippen LogP contribution in [0.4, 0.5) is 11.5 Å².